The minimum Gasteiger partial charge on any atom is -0.481 e. The molecule has 4 heterocycles. The lowest BCUT2D eigenvalue weighted by atomic mass is 9.76. The quantitative estimate of drug-likeness (QED) is 0.642. The minimum atomic E-state index is -0.968. The van der Waals surface area contributed by atoms with Crippen LogP contribution in [0.3, 0.4) is 0 Å². The van der Waals surface area contributed by atoms with Gasteiger partial charge in [0.2, 0.25) is 5.91 Å². The Kier molecular flexibility index (Phi) is 1.83. The number of carbonyl (C=O) groups excluding carboxylic acids is 1. The summed E-state index contributed by atoms with van der Waals surface area (Å²) in [7, 11) is 0. The van der Waals surface area contributed by atoms with E-state index in [0.717, 1.165) is 6.42 Å². The molecular formula is C12H13NO5. The SMILES string of the molecule is O=C(O)[C@@H]1[C@@H]2C=C[C@]3(O2)[C@@H]1C(=O)N1CCCO[C@@H]13. The van der Waals surface area contributed by atoms with Gasteiger partial charge in [-0.3, -0.25) is 9.59 Å². The Bertz CT molecular complexity index is 475. The smallest absolute Gasteiger partial charge is 0.310 e. The molecule has 6 nitrogen and oxygen atoms in total. The molecule has 0 unspecified atom stereocenters. The molecule has 4 rings (SSSR count). The molecule has 3 fully saturated rings. The number of fused-ring (bicyclic) bond motifs is 2. The Morgan fingerprint density at radius 3 is 3.17 bits per heavy atom. The van der Waals surface area contributed by atoms with Crippen molar-refractivity contribution >= 4 is 11.9 Å². The van der Waals surface area contributed by atoms with Crippen molar-refractivity contribution in [2.24, 2.45) is 11.8 Å². The average Bonchev–Trinajstić information content (AvgIpc) is 2.99. The van der Waals surface area contributed by atoms with Crippen LogP contribution in [0.2, 0.25) is 0 Å². The van der Waals surface area contributed by atoms with Gasteiger partial charge in [-0.25, -0.2) is 0 Å². The highest BCUT2D eigenvalue weighted by Crippen LogP contribution is 2.55. The van der Waals surface area contributed by atoms with Crippen molar-refractivity contribution in [1.29, 1.82) is 0 Å². The Morgan fingerprint density at radius 1 is 1.56 bits per heavy atom. The molecule has 18 heavy (non-hydrogen) atoms. The van der Waals surface area contributed by atoms with Gasteiger partial charge in [0.25, 0.3) is 0 Å². The largest absolute Gasteiger partial charge is 0.481 e. The normalized spacial score (nSPS) is 48.4. The molecule has 3 saturated heterocycles. The molecule has 0 radical (unpaired) electrons. The van der Waals surface area contributed by atoms with E-state index >= 15 is 0 Å². The van der Waals surface area contributed by atoms with Crippen LogP contribution < -0.4 is 0 Å². The monoisotopic (exact) mass is 251 g/mol. The number of aliphatic carboxylic acids is 1. The molecular weight excluding hydrogens is 238 g/mol. The molecule has 5 atom stereocenters. The fourth-order valence-electron chi connectivity index (χ4n) is 3.74. The van der Waals surface area contributed by atoms with Crippen molar-refractivity contribution in [3.05, 3.63) is 12.2 Å². The Labute approximate surface area is 103 Å². The third kappa shape index (κ3) is 0.976. The van der Waals surface area contributed by atoms with Gasteiger partial charge in [0, 0.05) is 6.54 Å². The summed E-state index contributed by atoms with van der Waals surface area (Å²) in [6, 6.07) is 0. The van der Waals surface area contributed by atoms with Gasteiger partial charge >= 0.3 is 5.97 Å². The lowest BCUT2D eigenvalue weighted by molar-refractivity contribution is -0.168. The number of nitrogens with zero attached hydrogens (tertiary/aromatic N) is 1. The predicted molar refractivity (Wildman–Crippen MR) is 57.4 cm³/mol. The molecule has 4 aliphatic heterocycles. The van der Waals surface area contributed by atoms with E-state index in [2.05, 4.69) is 0 Å². The third-order valence-electron chi connectivity index (χ3n) is 4.41. The first kappa shape index (κ1) is 10.5. The number of carbonyl (C=O) groups is 2. The second-order valence-electron chi connectivity index (χ2n) is 5.25. The van der Waals surface area contributed by atoms with Gasteiger partial charge in [-0.05, 0) is 12.5 Å². The first-order valence-electron chi connectivity index (χ1n) is 6.17. The van der Waals surface area contributed by atoms with Crippen molar-refractivity contribution in [2.75, 3.05) is 13.2 Å². The standard InChI is InChI=1S/C12H13NO5/c14-9-8-7(10(15)16)6-2-3-12(8,18-6)11-13(9)4-1-5-17-11/h2-3,6-8,11H,1,4-5H2,(H,15,16)/t6-,7+,8-,11+,12-/m0/s1. The Morgan fingerprint density at radius 2 is 2.39 bits per heavy atom. The number of rotatable bonds is 1. The molecule has 0 aromatic heterocycles. The molecule has 0 aromatic carbocycles. The summed E-state index contributed by atoms with van der Waals surface area (Å²) in [5.41, 5.74) is -0.870. The fraction of sp³-hybridized carbons (Fsp3) is 0.667. The maximum absolute atomic E-state index is 12.4. The van der Waals surface area contributed by atoms with Crippen LogP contribution in [-0.2, 0) is 19.1 Å². The lowest BCUT2D eigenvalue weighted by Crippen LogP contribution is -2.49. The zero-order valence-electron chi connectivity index (χ0n) is 9.61. The number of hydrogen-bond donors (Lipinski definition) is 1. The number of hydrogen-bond acceptors (Lipinski definition) is 4. The van der Waals surface area contributed by atoms with Crippen LogP contribution in [-0.4, -0.2) is 53.0 Å². The predicted octanol–water partition coefficient (Wildman–Crippen LogP) is -0.401. The van der Waals surface area contributed by atoms with Gasteiger partial charge in [-0.2, -0.15) is 0 Å². The van der Waals surface area contributed by atoms with Crippen LogP contribution in [0.1, 0.15) is 6.42 Å². The van der Waals surface area contributed by atoms with Gasteiger partial charge in [0.15, 0.2) is 6.23 Å². The van der Waals surface area contributed by atoms with E-state index < -0.39 is 35.7 Å². The average molecular weight is 251 g/mol. The van der Waals surface area contributed by atoms with Crippen molar-refractivity contribution in [3.63, 3.8) is 0 Å². The number of carboxylic acids is 1. The Hall–Kier alpha value is -1.40. The van der Waals surface area contributed by atoms with Crippen LogP contribution >= 0.6 is 0 Å². The van der Waals surface area contributed by atoms with Gasteiger partial charge in [-0.1, -0.05) is 6.08 Å². The van der Waals surface area contributed by atoms with Crippen LogP contribution in [0.5, 0.6) is 0 Å². The molecule has 6 heteroatoms. The minimum absolute atomic E-state index is 0.140. The lowest BCUT2D eigenvalue weighted by Gasteiger charge is -2.36. The van der Waals surface area contributed by atoms with Crippen LogP contribution in [0.4, 0.5) is 0 Å². The van der Waals surface area contributed by atoms with Gasteiger partial charge < -0.3 is 19.5 Å². The zero-order valence-corrected chi connectivity index (χ0v) is 9.61. The maximum Gasteiger partial charge on any atom is 0.310 e. The first-order valence-corrected chi connectivity index (χ1v) is 6.17. The summed E-state index contributed by atoms with van der Waals surface area (Å²) >= 11 is 0. The summed E-state index contributed by atoms with van der Waals surface area (Å²) in [5, 5.41) is 9.30. The van der Waals surface area contributed by atoms with Crippen molar-refractivity contribution < 1.29 is 24.2 Å². The maximum atomic E-state index is 12.4. The van der Waals surface area contributed by atoms with E-state index in [9.17, 15) is 14.7 Å². The Balaban J connectivity index is 1.82. The highest BCUT2D eigenvalue weighted by molar-refractivity contribution is 5.91. The van der Waals surface area contributed by atoms with Crippen LogP contribution in [0.15, 0.2) is 12.2 Å². The summed E-state index contributed by atoms with van der Waals surface area (Å²) < 4.78 is 11.5. The van der Waals surface area contributed by atoms with Crippen LogP contribution in [0.25, 0.3) is 0 Å². The van der Waals surface area contributed by atoms with E-state index in [1.54, 1.807) is 11.0 Å². The highest BCUT2D eigenvalue weighted by atomic mass is 16.6. The van der Waals surface area contributed by atoms with E-state index in [-0.39, 0.29) is 5.91 Å². The van der Waals surface area contributed by atoms with E-state index in [0.29, 0.717) is 13.2 Å². The number of carboxylic acid groups (broad SMARTS) is 1. The molecule has 1 spiro atoms. The second-order valence-corrected chi connectivity index (χ2v) is 5.25. The summed E-state index contributed by atoms with van der Waals surface area (Å²) in [6.07, 6.45) is 3.42. The van der Waals surface area contributed by atoms with Crippen molar-refractivity contribution in [1.82, 2.24) is 4.90 Å². The summed E-state index contributed by atoms with van der Waals surface area (Å²) in [6.45, 7) is 1.21. The zero-order chi connectivity index (χ0) is 12.5. The van der Waals surface area contributed by atoms with Crippen molar-refractivity contribution in [3.8, 4) is 0 Å². The fourth-order valence-corrected chi connectivity index (χ4v) is 3.74. The van der Waals surface area contributed by atoms with Gasteiger partial charge in [0.1, 0.15) is 11.5 Å². The molecule has 0 aliphatic carbocycles. The highest BCUT2D eigenvalue weighted by Gasteiger charge is 2.72. The first-order chi connectivity index (χ1) is 8.65. The van der Waals surface area contributed by atoms with Gasteiger partial charge in [0.05, 0.1) is 18.6 Å². The van der Waals surface area contributed by atoms with E-state index in [1.165, 1.54) is 0 Å². The molecule has 1 amide bonds. The second kappa shape index (κ2) is 3.13. The third-order valence-corrected chi connectivity index (χ3v) is 4.41. The molecule has 2 bridgehead atoms. The van der Waals surface area contributed by atoms with Gasteiger partial charge in [-0.15, -0.1) is 0 Å². The molecule has 96 valence electrons. The molecule has 1 N–H and O–H groups in total. The van der Waals surface area contributed by atoms with Crippen molar-refractivity contribution in [2.45, 2.75) is 24.4 Å². The van der Waals surface area contributed by atoms with Crippen LogP contribution in [0, 0.1) is 11.8 Å². The summed E-state index contributed by atoms with van der Waals surface area (Å²) in [5.74, 6) is -2.52. The topological polar surface area (TPSA) is 76.1 Å². The molecule has 0 aromatic rings. The summed E-state index contributed by atoms with van der Waals surface area (Å²) in [4.78, 5) is 25.4. The molecule has 4 aliphatic rings. The molecule has 0 saturated carbocycles. The van der Waals surface area contributed by atoms with E-state index in [4.69, 9.17) is 9.47 Å². The number of ether oxygens (including phenoxy) is 2. The number of amides is 1. The van der Waals surface area contributed by atoms with E-state index in [1.807, 2.05) is 6.08 Å².